The van der Waals surface area contributed by atoms with Crippen molar-refractivity contribution in [3.63, 3.8) is 0 Å². The van der Waals surface area contributed by atoms with E-state index < -0.39 is 0 Å². The van der Waals surface area contributed by atoms with Crippen LogP contribution >= 0.6 is 11.8 Å². The molecule has 1 atom stereocenters. The average Bonchev–Trinajstić information content (AvgIpc) is 2.68. The minimum absolute atomic E-state index is 0.196. The van der Waals surface area contributed by atoms with E-state index in [1.54, 1.807) is 24.6 Å². The van der Waals surface area contributed by atoms with Crippen LogP contribution in [0.25, 0.3) is 0 Å². The molecule has 0 bridgehead atoms. The minimum Gasteiger partial charge on any atom is -0.490 e. The maximum Gasteiger partial charge on any atom is 0.253 e. The maximum atomic E-state index is 12.2. The number of amides is 1. The normalized spacial score (nSPS) is 11.8. The molecule has 0 aliphatic heterocycles. The van der Waals surface area contributed by atoms with E-state index in [0.717, 1.165) is 10.6 Å². The fraction of sp³-hybridized carbons (Fsp3) is 0.250. The summed E-state index contributed by atoms with van der Waals surface area (Å²) in [6.07, 6.45) is 4.93. The van der Waals surface area contributed by atoms with E-state index in [2.05, 4.69) is 22.1 Å². The molecule has 2 aromatic rings. The van der Waals surface area contributed by atoms with Gasteiger partial charge < -0.3 is 9.47 Å². The Morgan fingerprint density at radius 2 is 2.19 bits per heavy atom. The van der Waals surface area contributed by atoms with Crippen molar-refractivity contribution in [1.29, 1.82) is 0 Å². The standard InChI is InChI=1S/C20H23N3O3S/c1-4-12-26-17-10-9-16(13-18(17)25-5-2)14-22-23-20(24)15(3)27-19-8-6-7-11-21-19/h4,6-11,13-15H,1,5,12H2,2-3H3,(H,23,24)/b22-14-/t15-/m1/s1. The van der Waals surface area contributed by atoms with E-state index >= 15 is 0 Å². The minimum atomic E-state index is -0.314. The quantitative estimate of drug-likeness (QED) is 0.292. The van der Waals surface area contributed by atoms with Crippen molar-refractivity contribution in [1.82, 2.24) is 10.4 Å². The molecule has 2 rings (SSSR count). The van der Waals surface area contributed by atoms with Crippen LogP contribution in [0.3, 0.4) is 0 Å². The number of carbonyl (C=O) groups excluding carboxylic acids is 1. The lowest BCUT2D eigenvalue weighted by atomic mass is 10.2. The van der Waals surface area contributed by atoms with Gasteiger partial charge in [-0.3, -0.25) is 4.79 Å². The van der Waals surface area contributed by atoms with Gasteiger partial charge in [-0.25, -0.2) is 10.4 Å². The lowest BCUT2D eigenvalue weighted by Crippen LogP contribution is -2.26. The Morgan fingerprint density at radius 1 is 1.33 bits per heavy atom. The summed E-state index contributed by atoms with van der Waals surface area (Å²) in [5, 5.41) is 4.50. The molecule has 142 valence electrons. The first-order valence-electron chi connectivity index (χ1n) is 8.55. The van der Waals surface area contributed by atoms with E-state index in [0.29, 0.717) is 24.7 Å². The highest BCUT2D eigenvalue weighted by Gasteiger charge is 2.14. The highest BCUT2D eigenvalue weighted by atomic mass is 32.2. The SMILES string of the molecule is C=CCOc1ccc(/C=N\NC(=O)[C@@H](C)Sc2ccccn2)cc1OCC. The second kappa shape index (κ2) is 11.0. The zero-order chi connectivity index (χ0) is 19.5. The summed E-state index contributed by atoms with van der Waals surface area (Å²) < 4.78 is 11.1. The third-order valence-corrected chi connectivity index (χ3v) is 4.37. The van der Waals surface area contributed by atoms with E-state index in [1.807, 2.05) is 44.2 Å². The summed E-state index contributed by atoms with van der Waals surface area (Å²) in [6, 6.07) is 11.0. The molecule has 0 saturated carbocycles. The monoisotopic (exact) mass is 385 g/mol. The average molecular weight is 385 g/mol. The number of benzene rings is 1. The van der Waals surface area contributed by atoms with Gasteiger partial charge in [0.15, 0.2) is 11.5 Å². The number of hydrogen-bond donors (Lipinski definition) is 1. The second-order valence-corrected chi connectivity index (χ2v) is 6.76. The molecule has 0 fully saturated rings. The van der Waals surface area contributed by atoms with Crippen molar-refractivity contribution in [2.45, 2.75) is 24.1 Å². The number of pyridine rings is 1. The van der Waals surface area contributed by atoms with Crippen LogP contribution in [0.5, 0.6) is 11.5 Å². The van der Waals surface area contributed by atoms with E-state index in [1.165, 1.54) is 11.8 Å². The number of nitrogens with zero attached hydrogens (tertiary/aromatic N) is 2. The van der Waals surface area contributed by atoms with Crippen LogP contribution in [0.2, 0.25) is 0 Å². The van der Waals surface area contributed by atoms with Gasteiger partial charge in [0.05, 0.1) is 23.1 Å². The summed E-state index contributed by atoms with van der Waals surface area (Å²) in [5.41, 5.74) is 3.33. The number of ether oxygens (including phenoxy) is 2. The highest BCUT2D eigenvalue weighted by molar-refractivity contribution is 8.00. The Hall–Kier alpha value is -2.80. The van der Waals surface area contributed by atoms with Crippen LogP contribution in [-0.4, -0.2) is 35.6 Å². The van der Waals surface area contributed by atoms with Crippen molar-refractivity contribution in [3.8, 4) is 11.5 Å². The number of thioether (sulfide) groups is 1. The number of aromatic nitrogens is 1. The summed E-state index contributed by atoms with van der Waals surface area (Å²) in [6.45, 7) is 8.26. The molecule has 0 aliphatic carbocycles. The van der Waals surface area contributed by atoms with Crippen molar-refractivity contribution in [3.05, 3.63) is 60.8 Å². The molecule has 27 heavy (non-hydrogen) atoms. The molecular formula is C20H23N3O3S. The number of rotatable bonds is 10. The van der Waals surface area contributed by atoms with Gasteiger partial charge in [0.2, 0.25) is 0 Å². The summed E-state index contributed by atoms with van der Waals surface area (Å²) in [5.74, 6) is 1.06. The topological polar surface area (TPSA) is 72.8 Å². The van der Waals surface area contributed by atoms with E-state index in [9.17, 15) is 4.79 Å². The number of hydrazone groups is 1. The Bertz CT molecular complexity index is 781. The van der Waals surface area contributed by atoms with Gasteiger partial charge in [-0.05, 0) is 49.7 Å². The first kappa shape index (κ1) is 20.5. The van der Waals surface area contributed by atoms with Crippen LogP contribution in [-0.2, 0) is 4.79 Å². The zero-order valence-corrected chi connectivity index (χ0v) is 16.2. The number of carbonyl (C=O) groups is 1. The molecule has 1 aromatic heterocycles. The predicted molar refractivity (Wildman–Crippen MR) is 109 cm³/mol. The van der Waals surface area contributed by atoms with Crippen LogP contribution in [0.15, 0.2) is 65.4 Å². The molecule has 0 radical (unpaired) electrons. The van der Waals surface area contributed by atoms with Crippen molar-refractivity contribution < 1.29 is 14.3 Å². The van der Waals surface area contributed by atoms with E-state index in [-0.39, 0.29) is 11.2 Å². The molecule has 0 unspecified atom stereocenters. The van der Waals surface area contributed by atoms with Gasteiger partial charge in [-0.1, -0.05) is 30.5 Å². The third kappa shape index (κ3) is 6.79. The van der Waals surface area contributed by atoms with Gasteiger partial charge >= 0.3 is 0 Å². The molecular weight excluding hydrogens is 362 g/mol. The lowest BCUT2D eigenvalue weighted by molar-refractivity contribution is -0.120. The molecule has 0 aliphatic rings. The molecule has 1 aromatic carbocycles. The first-order valence-corrected chi connectivity index (χ1v) is 9.43. The molecule has 6 nitrogen and oxygen atoms in total. The van der Waals surface area contributed by atoms with Gasteiger partial charge in [0.1, 0.15) is 6.61 Å². The summed E-state index contributed by atoms with van der Waals surface area (Å²) in [7, 11) is 0. The molecule has 1 N–H and O–H groups in total. The Kier molecular flexibility index (Phi) is 8.38. The highest BCUT2D eigenvalue weighted by Crippen LogP contribution is 2.28. The Morgan fingerprint density at radius 3 is 2.89 bits per heavy atom. The predicted octanol–water partition coefficient (Wildman–Crippen LogP) is 3.68. The van der Waals surface area contributed by atoms with Crippen molar-refractivity contribution >= 4 is 23.9 Å². The second-order valence-electron chi connectivity index (χ2n) is 5.40. The molecule has 1 heterocycles. The van der Waals surface area contributed by atoms with Crippen LogP contribution in [0.4, 0.5) is 0 Å². The van der Waals surface area contributed by atoms with Gasteiger partial charge in [0, 0.05) is 6.20 Å². The van der Waals surface area contributed by atoms with Crippen LogP contribution in [0.1, 0.15) is 19.4 Å². The largest absolute Gasteiger partial charge is 0.490 e. The van der Waals surface area contributed by atoms with Crippen molar-refractivity contribution in [2.24, 2.45) is 5.10 Å². The Labute approximate surface area is 163 Å². The molecule has 0 spiro atoms. The molecule has 7 heteroatoms. The third-order valence-electron chi connectivity index (χ3n) is 3.32. The van der Waals surface area contributed by atoms with Crippen LogP contribution in [0, 0.1) is 0 Å². The van der Waals surface area contributed by atoms with Gasteiger partial charge in [-0.15, -0.1) is 0 Å². The number of hydrogen-bond acceptors (Lipinski definition) is 6. The fourth-order valence-corrected chi connectivity index (χ4v) is 2.85. The van der Waals surface area contributed by atoms with Crippen molar-refractivity contribution in [2.75, 3.05) is 13.2 Å². The first-order chi connectivity index (χ1) is 13.1. The fourth-order valence-electron chi connectivity index (χ4n) is 2.05. The Balaban J connectivity index is 1.95. The molecule has 1 amide bonds. The zero-order valence-electron chi connectivity index (χ0n) is 15.4. The maximum absolute atomic E-state index is 12.2. The summed E-state index contributed by atoms with van der Waals surface area (Å²) in [4.78, 5) is 16.4. The lowest BCUT2D eigenvalue weighted by Gasteiger charge is -2.11. The molecule has 0 saturated heterocycles. The smallest absolute Gasteiger partial charge is 0.253 e. The van der Waals surface area contributed by atoms with E-state index in [4.69, 9.17) is 9.47 Å². The summed E-state index contributed by atoms with van der Waals surface area (Å²) >= 11 is 1.37. The van der Waals surface area contributed by atoms with Gasteiger partial charge in [0.25, 0.3) is 5.91 Å². The van der Waals surface area contributed by atoms with Crippen LogP contribution < -0.4 is 14.9 Å². The number of nitrogens with one attached hydrogen (secondary N) is 1. The van der Waals surface area contributed by atoms with Gasteiger partial charge in [-0.2, -0.15) is 5.10 Å².